The highest BCUT2D eigenvalue weighted by atomic mass is 16.5. The van der Waals surface area contributed by atoms with Gasteiger partial charge in [0.25, 0.3) is 0 Å². The van der Waals surface area contributed by atoms with Crippen LogP contribution < -0.4 is 5.32 Å². The first kappa shape index (κ1) is 16.2. The molecular formula is C16H28N2O. The molecular weight excluding hydrogens is 236 g/mol. The van der Waals surface area contributed by atoms with Gasteiger partial charge in [-0.25, -0.2) is 0 Å². The minimum Gasteiger partial charge on any atom is -0.377 e. The summed E-state index contributed by atoms with van der Waals surface area (Å²) in [4.78, 5) is 2.30. The summed E-state index contributed by atoms with van der Waals surface area (Å²) in [5.74, 6) is 0. The van der Waals surface area contributed by atoms with Gasteiger partial charge in [-0.15, -0.1) is 0 Å². The van der Waals surface area contributed by atoms with E-state index < -0.39 is 0 Å². The SMILES string of the molecule is CCNCc1cccc(CN(C)CCOC(C)C)c1. The molecule has 108 valence electrons. The molecule has 1 N–H and O–H groups in total. The van der Waals surface area contributed by atoms with Crippen LogP contribution in [0.3, 0.4) is 0 Å². The van der Waals surface area contributed by atoms with Crippen molar-refractivity contribution in [1.82, 2.24) is 10.2 Å². The zero-order valence-electron chi connectivity index (χ0n) is 12.8. The third-order valence-electron chi connectivity index (χ3n) is 2.95. The van der Waals surface area contributed by atoms with Gasteiger partial charge >= 0.3 is 0 Å². The van der Waals surface area contributed by atoms with Gasteiger partial charge in [0.1, 0.15) is 0 Å². The van der Waals surface area contributed by atoms with Gasteiger partial charge in [-0.05, 0) is 38.6 Å². The third kappa shape index (κ3) is 7.31. The lowest BCUT2D eigenvalue weighted by Crippen LogP contribution is -2.24. The highest BCUT2D eigenvalue weighted by Crippen LogP contribution is 2.07. The molecule has 0 atom stereocenters. The molecule has 0 amide bonds. The summed E-state index contributed by atoms with van der Waals surface area (Å²) < 4.78 is 5.58. The monoisotopic (exact) mass is 264 g/mol. The fourth-order valence-electron chi connectivity index (χ4n) is 1.94. The van der Waals surface area contributed by atoms with Crippen LogP contribution in [0.5, 0.6) is 0 Å². The Balaban J connectivity index is 2.38. The second-order valence-corrected chi connectivity index (χ2v) is 5.26. The van der Waals surface area contributed by atoms with Gasteiger partial charge in [-0.2, -0.15) is 0 Å². The van der Waals surface area contributed by atoms with Crippen LogP contribution in [0.1, 0.15) is 31.9 Å². The van der Waals surface area contributed by atoms with E-state index >= 15 is 0 Å². The molecule has 0 aliphatic carbocycles. The molecule has 1 rings (SSSR count). The number of rotatable bonds is 9. The quantitative estimate of drug-likeness (QED) is 0.742. The maximum atomic E-state index is 5.58. The Morgan fingerprint density at radius 3 is 2.68 bits per heavy atom. The highest BCUT2D eigenvalue weighted by Gasteiger charge is 2.02. The van der Waals surface area contributed by atoms with E-state index in [0.29, 0.717) is 6.10 Å². The predicted octanol–water partition coefficient (Wildman–Crippen LogP) is 2.65. The van der Waals surface area contributed by atoms with E-state index in [4.69, 9.17) is 4.74 Å². The van der Waals surface area contributed by atoms with Crippen molar-refractivity contribution in [2.75, 3.05) is 26.7 Å². The largest absolute Gasteiger partial charge is 0.377 e. The zero-order chi connectivity index (χ0) is 14.1. The van der Waals surface area contributed by atoms with Gasteiger partial charge in [0.2, 0.25) is 0 Å². The lowest BCUT2D eigenvalue weighted by atomic mass is 10.1. The van der Waals surface area contributed by atoms with E-state index in [1.165, 1.54) is 11.1 Å². The van der Waals surface area contributed by atoms with Crippen molar-refractivity contribution in [3.63, 3.8) is 0 Å². The molecule has 1 aromatic carbocycles. The fraction of sp³-hybridized carbons (Fsp3) is 0.625. The summed E-state index contributed by atoms with van der Waals surface area (Å²) in [6, 6.07) is 8.78. The topological polar surface area (TPSA) is 24.5 Å². The molecule has 0 saturated heterocycles. The highest BCUT2D eigenvalue weighted by molar-refractivity contribution is 5.23. The van der Waals surface area contributed by atoms with Crippen LogP contribution in [0.15, 0.2) is 24.3 Å². The van der Waals surface area contributed by atoms with Crippen LogP contribution in [0.2, 0.25) is 0 Å². The molecule has 0 heterocycles. The van der Waals surface area contributed by atoms with Crippen LogP contribution in [-0.4, -0.2) is 37.7 Å². The number of benzene rings is 1. The smallest absolute Gasteiger partial charge is 0.0596 e. The number of nitrogens with one attached hydrogen (secondary N) is 1. The molecule has 0 radical (unpaired) electrons. The van der Waals surface area contributed by atoms with Crippen LogP contribution >= 0.6 is 0 Å². The van der Waals surface area contributed by atoms with Gasteiger partial charge in [0.05, 0.1) is 12.7 Å². The van der Waals surface area contributed by atoms with E-state index in [9.17, 15) is 0 Å². The average molecular weight is 264 g/mol. The Morgan fingerprint density at radius 2 is 2.00 bits per heavy atom. The predicted molar refractivity (Wildman–Crippen MR) is 81.2 cm³/mol. The normalized spacial score (nSPS) is 11.5. The number of nitrogens with zero attached hydrogens (tertiary/aromatic N) is 1. The number of hydrogen-bond acceptors (Lipinski definition) is 3. The second-order valence-electron chi connectivity index (χ2n) is 5.26. The summed E-state index contributed by atoms with van der Waals surface area (Å²) in [5.41, 5.74) is 2.72. The zero-order valence-corrected chi connectivity index (χ0v) is 12.8. The van der Waals surface area contributed by atoms with E-state index in [0.717, 1.165) is 32.8 Å². The molecule has 0 aromatic heterocycles. The van der Waals surface area contributed by atoms with Crippen molar-refractivity contribution in [2.24, 2.45) is 0 Å². The van der Waals surface area contributed by atoms with Crippen molar-refractivity contribution in [2.45, 2.75) is 40.0 Å². The number of likely N-dealkylation sites (N-methyl/N-ethyl adjacent to an activating group) is 1. The Morgan fingerprint density at radius 1 is 1.26 bits per heavy atom. The van der Waals surface area contributed by atoms with Gasteiger partial charge in [0, 0.05) is 19.6 Å². The first-order valence-electron chi connectivity index (χ1n) is 7.20. The first-order valence-corrected chi connectivity index (χ1v) is 7.20. The minimum absolute atomic E-state index is 0.317. The first-order chi connectivity index (χ1) is 9.11. The van der Waals surface area contributed by atoms with Gasteiger partial charge in [0.15, 0.2) is 0 Å². The van der Waals surface area contributed by atoms with Crippen molar-refractivity contribution in [3.05, 3.63) is 35.4 Å². The van der Waals surface area contributed by atoms with Gasteiger partial charge in [-0.1, -0.05) is 31.2 Å². The molecule has 19 heavy (non-hydrogen) atoms. The van der Waals surface area contributed by atoms with E-state index in [2.05, 4.69) is 62.3 Å². The second kappa shape index (κ2) is 9.08. The lowest BCUT2D eigenvalue weighted by Gasteiger charge is -2.18. The molecule has 0 saturated carbocycles. The summed E-state index contributed by atoms with van der Waals surface area (Å²) in [7, 11) is 2.14. The molecule has 3 nitrogen and oxygen atoms in total. The maximum Gasteiger partial charge on any atom is 0.0596 e. The number of hydrogen-bond donors (Lipinski definition) is 1. The standard InChI is InChI=1S/C16H28N2O/c1-5-17-12-15-7-6-8-16(11-15)13-18(4)9-10-19-14(2)3/h6-8,11,14,17H,5,9-10,12-13H2,1-4H3. The van der Waals surface area contributed by atoms with Crippen molar-refractivity contribution >= 4 is 0 Å². The van der Waals surface area contributed by atoms with E-state index in [1.807, 2.05) is 0 Å². The average Bonchev–Trinajstić information content (AvgIpc) is 2.36. The molecule has 0 spiro atoms. The van der Waals surface area contributed by atoms with Gasteiger partial charge < -0.3 is 10.1 Å². The van der Waals surface area contributed by atoms with E-state index in [-0.39, 0.29) is 0 Å². The minimum atomic E-state index is 0.317. The lowest BCUT2D eigenvalue weighted by molar-refractivity contribution is 0.0627. The number of ether oxygens (including phenoxy) is 1. The molecule has 1 aromatic rings. The Kier molecular flexibility index (Phi) is 7.72. The van der Waals surface area contributed by atoms with Crippen LogP contribution in [0, 0.1) is 0 Å². The van der Waals surface area contributed by atoms with E-state index in [1.54, 1.807) is 0 Å². The maximum absolute atomic E-state index is 5.58. The molecule has 0 aliphatic heterocycles. The summed E-state index contributed by atoms with van der Waals surface area (Å²) in [6.07, 6.45) is 0.317. The molecule has 0 bridgehead atoms. The Bertz CT molecular complexity index is 352. The van der Waals surface area contributed by atoms with Crippen LogP contribution in [0.25, 0.3) is 0 Å². The van der Waals surface area contributed by atoms with Gasteiger partial charge in [-0.3, -0.25) is 4.90 Å². The summed E-state index contributed by atoms with van der Waals surface area (Å²) >= 11 is 0. The van der Waals surface area contributed by atoms with Crippen molar-refractivity contribution < 1.29 is 4.74 Å². The molecule has 0 unspecified atom stereocenters. The summed E-state index contributed by atoms with van der Waals surface area (Å²) in [5, 5.41) is 3.36. The molecule has 3 heteroatoms. The fourth-order valence-corrected chi connectivity index (χ4v) is 1.94. The van der Waals surface area contributed by atoms with Crippen molar-refractivity contribution in [1.29, 1.82) is 0 Å². The molecule has 0 fully saturated rings. The van der Waals surface area contributed by atoms with Crippen LogP contribution in [-0.2, 0) is 17.8 Å². The Hall–Kier alpha value is -0.900. The van der Waals surface area contributed by atoms with Crippen LogP contribution in [0.4, 0.5) is 0 Å². The summed E-state index contributed by atoms with van der Waals surface area (Å²) in [6.45, 7) is 11.0. The molecule has 0 aliphatic rings. The Labute approximate surface area is 118 Å². The third-order valence-corrected chi connectivity index (χ3v) is 2.95. The van der Waals surface area contributed by atoms with Crippen molar-refractivity contribution in [3.8, 4) is 0 Å².